The summed E-state index contributed by atoms with van der Waals surface area (Å²) < 4.78 is 29.4. The number of ether oxygens (including phenoxy) is 5. The van der Waals surface area contributed by atoms with Gasteiger partial charge in [0.1, 0.15) is 24.4 Å². The third kappa shape index (κ3) is 9.02. The van der Waals surface area contributed by atoms with Crippen LogP contribution in [0.4, 0.5) is 4.79 Å². The van der Waals surface area contributed by atoms with Gasteiger partial charge in [-0.15, -0.1) is 0 Å². The summed E-state index contributed by atoms with van der Waals surface area (Å²) in [6, 6.07) is 26.1. The largest absolute Gasteiger partial charge is 0.466 e. The van der Waals surface area contributed by atoms with Crippen LogP contribution in [0.3, 0.4) is 0 Å². The molecule has 1 fully saturated rings. The topological polar surface area (TPSA) is 101 Å². The van der Waals surface area contributed by atoms with Crippen LogP contribution in [-0.4, -0.2) is 66.5 Å². The van der Waals surface area contributed by atoms with E-state index in [1.165, 1.54) is 18.1 Å². The van der Waals surface area contributed by atoms with E-state index in [1.54, 1.807) is 57.2 Å². The van der Waals surface area contributed by atoms with Crippen molar-refractivity contribution in [1.29, 1.82) is 0 Å². The minimum Gasteiger partial charge on any atom is -0.466 e. The second-order valence-corrected chi connectivity index (χ2v) is 11.3. The predicted molar refractivity (Wildman–Crippen MR) is 164 cm³/mol. The molecule has 9 nitrogen and oxygen atoms in total. The molecule has 0 saturated carbocycles. The zero-order valence-corrected chi connectivity index (χ0v) is 25.5. The van der Waals surface area contributed by atoms with E-state index >= 15 is 0 Å². The van der Waals surface area contributed by atoms with E-state index in [1.807, 2.05) is 60.7 Å². The molecule has 3 aromatic rings. The Hall–Kier alpha value is -4.47. The average molecular weight is 602 g/mol. The Bertz CT molecular complexity index is 1390. The molecule has 0 aromatic heterocycles. The van der Waals surface area contributed by atoms with Crippen molar-refractivity contribution in [3.05, 3.63) is 120 Å². The van der Waals surface area contributed by atoms with Gasteiger partial charge in [-0.3, -0.25) is 4.90 Å². The zero-order valence-electron chi connectivity index (χ0n) is 25.5. The number of hydrogen-bond donors (Lipinski definition) is 0. The molecule has 1 aliphatic rings. The van der Waals surface area contributed by atoms with E-state index in [0.29, 0.717) is 5.56 Å². The first kappa shape index (κ1) is 32.4. The van der Waals surface area contributed by atoms with Crippen molar-refractivity contribution in [2.24, 2.45) is 0 Å². The highest BCUT2D eigenvalue weighted by atomic mass is 16.6. The molecule has 0 aliphatic carbocycles. The molecule has 4 rings (SSSR count). The summed E-state index contributed by atoms with van der Waals surface area (Å²) in [5.74, 6) is -1.15. The quantitative estimate of drug-likeness (QED) is 0.156. The van der Waals surface area contributed by atoms with Crippen LogP contribution in [0.25, 0.3) is 0 Å². The fourth-order valence-corrected chi connectivity index (χ4v) is 4.90. The highest BCUT2D eigenvalue weighted by Gasteiger charge is 2.53. The molecule has 0 N–H and O–H groups in total. The van der Waals surface area contributed by atoms with Crippen molar-refractivity contribution in [3.8, 4) is 0 Å². The predicted octanol–water partition coefficient (Wildman–Crippen LogP) is 5.73. The molecular weight excluding hydrogens is 562 g/mol. The lowest BCUT2D eigenvalue weighted by Gasteiger charge is -2.32. The molecule has 1 saturated heterocycles. The Kier molecular flexibility index (Phi) is 11.3. The maximum atomic E-state index is 13.9. The summed E-state index contributed by atoms with van der Waals surface area (Å²) in [7, 11) is 1.27. The number of likely N-dealkylation sites (tertiary alicyclic amines) is 1. The molecule has 0 radical (unpaired) electrons. The molecule has 232 valence electrons. The van der Waals surface area contributed by atoms with Crippen molar-refractivity contribution in [3.63, 3.8) is 0 Å². The minimum atomic E-state index is -0.831. The van der Waals surface area contributed by atoms with Gasteiger partial charge in [0, 0.05) is 6.08 Å². The van der Waals surface area contributed by atoms with Gasteiger partial charge in [-0.1, -0.05) is 84.9 Å². The molecule has 1 amide bonds. The molecular formula is C35H39NO8. The number of nitrogens with zero attached hydrogens (tertiary/aromatic N) is 1. The van der Waals surface area contributed by atoms with Gasteiger partial charge < -0.3 is 23.7 Å². The van der Waals surface area contributed by atoms with Crippen LogP contribution in [0.5, 0.6) is 0 Å². The lowest BCUT2D eigenvalue weighted by molar-refractivity contribution is -0.134. The van der Waals surface area contributed by atoms with E-state index in [9.17, 15) is 14.4 Å². The molecule has 1 heterocycles. The van der Waals surface area contributed by atoms with Crippen LogP contribution in [0, 0.1) is 0 Å². The van der Waals surface area contributed by atoms with Crippen molar-refractivity contribution in [2.45, 2.75) is 63.9 Å². The van der Waals surface area contributed by atoms with Gasteiger partial charge in [0.05, 0.1) is 38.0 Å². The highest BCUT2D eigenvalue weighted by Crippen LogP contribution is 2.34. The highest BCUT2D eigenvalue weighted by molar-refractivity contribution is 5.89. The van der Waals surface area contributed by atoms with Crippen molar-refractivity contribution in [2.75, 3.05) is 13.7 Å². The number of methoxy groups -OCH3 is 1. The Labute approximate surface area is 258 Å². The van der Waals surface area contributed by atoms with Gasteiger partial charge in [-0.2, -0.15) is 0 Å². The Morgan fingerprint density at radius 2 is 1.30 bits per heavy atom. The fourth-order valence-electron chi connectivity index (χ4n) is 4.90. The summed E-state index contributed by atoms with van der Waals surface area (Å²) in [6.45, 7) is 5.49. The normalized spacial score (nSPS) is 20.0. The number of amides is 1. The molecule has 4 atom stereocenters. The molecule has 9 heteroatoms. The third-order valence-corrected chi connectivity index (χ3v) is 6.92. The Balaban J connectivity index is 1.74. The third-order valence-electron chi connectivity index (χ3n) is 6.92. The second kappa shape index (κ2) is 15.3. The van der Waals surface area contributed by atoms with Gasteiger partial charge in [0.15, 0.2) is 0 Å². The summed E-state index contributed by atoms with van der Waals surface area (Å²) in [6.07, 6.45) is 0.573. The van der Waals surface area contributed by atoms with Gasteiger partial charge >= 0.3 is 18.0 Å². The number of hydrogen-bond acceptors (Lipinski definition) is 8. The number of carbonyl (C=O) groups excluding carboxylic acids is 3. The Morgan fingerprint density at radius 1 is 0.773 bits per heavy atom. The summed E-state index contributed by atoms with van der Waals surface area (Å²) >= 11 is 0. The maximum Gasteiger partial charge on any atom is 0.411 e. The van der Waals surface area contributed by atoms with E-state index in [-0.39, 0.29) is 19.8 Å². The number of esters is 2. The van der Waals surface area contributed by atoms with Crippen molar-refractivity contribution in [1.82, 2.24) is 4.90 Å². The monoisotopic (exact) mass is 601 g/mol. The molecule has 0 bridgehead atoms. The molecule has 0 spiro atoms. The summed E-state index contributed by atoms with van der Waals surface area (Å²) in [5, 5.41) is 0. The smallest absolute Gasteiger partial charge is 0.411 e. The van der Waals surface area contributed by atoms with Crippen LogP contribution in [0.2, 0.25) is 0 Å². The molecule has 3 aromatic carbocycles. The zero-order chi connectivity index (χ0) is 31.5. The Morgan fingerprint density at radius 3 is 1.82 bits per heavy atom. The first-order valence-corrected chi connectivity index (χ1v) is 14.5. The standard InChI is InChI=1S/C35H39NO8/c1-35(2,3)44-34(39)36-28(20-21-30(37)40-4)31(41-22-25-14-8-5-9-15-25)32(42-23-26-16-10-6-11-17-26)29(36)24-43-33(38)27-18-12-7-13-19-27/h5-21,28-29,31-32H,22-24H2,1-4H3/b21-20+/t28-,29-,31+,32-/m1/s1. The van der Waals surface area contributed by atoms with Gasteiger partial charge in [-0.25, -0.2) is 14.4 Å². The first-order chi connectivity index (χ1) is 21.2. The molecule has 1 aliphatic heterocycles. The first-order valence-electron chi connectivity index (χ1n) is 14.5. The number of rotatable bonds is 11. The van der Waals surface area contributed by atoms with E-state index in [2.05, 4.69) is 0 Å². The average Bonchev–Trinajstić information content (AvgIpc) is 3.32. The van der Waals surface area contributed by atoms with Crippen LogP contribution < -0.4 is 0 Å². The number of benzene rings is 3. The lowest BCUT2D eigenvalue weighted by Crippen LogP contribution is -2.48. The van der Waals surface area contributed by atoms with E-state index < -0.39 is 47.9 Å². The lowest BCUT2D eigenvalue weighted by atomic mass is 10.1. The van der Waals surface area contributed by atoms with Crippen molar-refractivity contribution >= 4 is 18.0 Å². The second-order valence-electron chi connectivity index (χ2n) is 11.3. The molecule has 0 unspecified atom stereocenters. The van der Waals surface area contributed by atoms with Gasteiger partial charge in [-0.05, 0) is 44.0 Å². The minimum absolute atomic E-state index is 0.204. The maximum absolute atomic E-state index is 13.9. The van der Waals surface area contributed by atoms with Gasteiger partial charge in [0.2, 0.25) is 0 Å². The SMILES string of the molecule is COC(=O)/C=C/[C@@H]1[C@H](OCc2ccccc2)[C@H](OCc2ccccc2)[C@@H](COC(=O)c2ccccc2)N1C(=O)OC(C)(C)C. The van der Waals surface area contributed by atoms with Crippen LogP contribution >= 0.6 is 0 Å². The summed E-state index contributed by atoms with van der Waals surface area (Å²) in [5.41, 5.74) is 1.36. The van der Waals surface area contributed by atoms with E-state index in [4.69, 9.17) is 23.7 Å². The van der Waals surface area contributed by atoms with Crippen molar-refractivity contribution < 1.29 is 38.1 Å². The van der Waals surface area contributed by atoms with E-state index in [0.717, 1.165) is 11.1 Å². The van der Waals surface area contributed by atoms with Crippen LogP contribution in [-0.2, 0) is 41.7 Å². The van der Waals surface area contributed by atoms with Crippen LogP contribution in [0.15, 0.2) is 103 Å². The fraction of sp³-hybridized carbons (Fsp3) is 0.343. The summed E-state index contributed by atoms with van der Waals surface area (Å²) in [4.78, 5) is 40.5. The number of carbonyl (C=O) groups is 3. The van der Waals surface area contributed by atoms with Crippen LogP contribution in [0.1, 0.15) is 42.3 Å². The molecule has 44 heavy (non-hydrogen) atoms. The van der Waals surface area contributed by atoms with Gasteiger partial charge in [0.25, 0.3) is 0 Å².